The number of nitrogens with zero attached hydrogens (tertiary/aromatic N) is 2. The highest BCUT2D eigenvalue weighted by molar-refractivity contribution is 5.94. The quantitative estimate of drug-likeness (QED) is 0.770. The number of aromatic nitrogens is 2. The second kappa shape index (κ2) is 7.17. The van der Waals surface area contributed by atoms with Crippen LogP contribution >= 0.6 is 0 Å². The Morgan fingerprint density at radius 2 is 1.84 bits per heavy atom. The Kier molecular flexibility index (Phi) is 4.79. The third kappa shape index (κ3) is 3.85. The minimum absolute atomic E-state index is 0.189. The third-order valence-electron chi connectivity index (χ3n) is 4.05. The van der Waals surface area contributed by atoms with Crippen molar-refractivity contribution in [2.75, 3.05) is 12.4 Å². The third-order valence-corrected chi connectivity index (χ3v) is 4.05. The molecule has 1 amide bonds. The molecule has 1 heterocycles. The lowest BCUT2D eigenvalue weighted by Gasteiger charge is -2.06. The average molecular weight is 337 g/mol. The maximum atomic E-state index is 12.3. The highest BCUT2D eigenvalue weighted by Crippen LogP contribution is 2.26. The van der Waals surface area contributed by atoms with Gasteiger partial charge in [-0.3, -0.25) is 4.79 Å². The van der Waals surface area contributed by atoms with E-state index in [9.17, 15) is 4.79 Å². The Morgan fingerprint density at radius 3 is 2.52 bits per heavy atom. The maximum Gasteiger partial charge on any atom is 0.230 e. The van der Waals surface area contributed by atoms with Crippen LogP contribution in [0.15, 0.2) is 47.1 Å². The van der Waals surface area contributed by atoms with Crippen molar-refractivity contribution < 1.29 is 14.2 Å². The van der Waals surface area contributed by atoms with Gasteiger partial charge in [-0.05, 0) is 59.1 Å². The SMILES string of the molecule is COc1ccc(CC(=O)Nc2nonc2-c2ccc(C)c(C)c2)cc1. The van der Waals surface area contributed by atoms with E-state index < -0.39 is 0 Å². The average Bonchev–Trinajstić information content (AvgIpc) is 3.06. The van der Waals surface area contributed by atoms with Crippen molar-refractivity contribution in [1.82, 2.24) is 10.3 Å². The molecule has 0 aliphatic carbocycles. The van der Waals surface area contributed by atoms with Crippen LogP contribution in [0.4, 0.5) is 5.82 Å². The molecule has 2 aromatic carbocycles. The molecule has 0 radical (unpaired) electrons. The number of aryl methyl sites for hydroxylation is 2. The summed E-state index contributed by atoms with van der Waals surface area (Å²) in [5.41, 5.74) is 4.57. The molecular formula is C19H19N3O3. The van der Waals surface area contributed by atoms with Gasteiger partial charge in [-0.2, -0.15) is 0 Å². The van der Waals surface area contributed by atoms with Crippen LogP contribution in [0.2, 0.25) is 0 Å². The van der Waals surface area contributed by atoms with Gasteiger partial charge in [0.25, 0.3) is 0 Å². The van der Waals surface area contributed by atoms with Gasteiger partial charge in [-0.15, -0.1) is 0 Å². The van der Waals surface area contributed by atoms with Crippen LogP contribution in [0, 0.1) is 13.8 Å². The van der Waals surface area contributed by atoms with Gasteiger partial charge in [0.15, 0.2) is 5.69 Å². The van der Waals surface area contributed by atoms with E-state index in [0.717, 1.165) is 22.4 Å². The molecule has 25 heavy (non-hydrogen) atoms. The first-order valence-corrected chi connectivity index (χ1v) is 7.90. The summed E-state index contributed by atoms with van der Waals surface area (Å²) in [7, 11) is 1.60. The number of anilines is 1. The van der Waals surface area contributed by atoms with Crippen molar-refractivity contribution in [3.8, 4) is 17.0 Å². The van der Waals surface area contributed by atoms with Crippen molar-refractivity contribution in [1.29, 1.82) is 0 Å². The van der Waals surface area contributed by atoms with Gasteiger partial charge >= 0.3 is 0 Å². The van der Waals surface area contributed by atoms with Crippen LogP contribution in [0.25, 0.3) is 11.3 Å². The molecule has 0 bridgehead atoms. The van der Waals surface area contributed by atoms with Crippen LogP contribution in [0.5, 0.6) is 5.75 Å². The zero-order valence-corrected chi connectivity index (χ0v) is 14.4. The molecule has 1 aromatic heterocycles. The van der Waals surface area contributed by atoms with E-state index in [2.05, 4.69) is 15.6 Å². The van der Waals surface area contributed by atoms with Crippen LogP contribution in [-0.2, 0) is 11.2 Å². The molecule has 6 nitrogen and oxygen atoms in total. The van der Waals surface area contributed by atoms with E-state index in [-0.39, 0.29) is 12.3 Å². The number of rotatable bonds is 5. The molecule has 0 unspecified atom stereocenters. The zero-order chi connectivity index (χ0) is 17.8. The van der Waals surface area contributed by atoms with Crippen molar-refractivity contribution in [3.05, 3.63) is 59.2 Å². The first-order chi connectivity index (χ1) is 12.1. The molecule has 6 heteroatoms. The normalized spacial score (nSPS) is 10.5. The summed E-state index contributed by atoms with van der Waals surface area (Å²) < 4.78 is 9.93. The molecule has 0 spiro atoms. The fraction of sp³-hybridized carbons (Fsp3) is 0.211. The van der Waals surface area contributed by atoms with Gasteiger partial charge in [0.2, 0.25) is 11.7 Å². The lowest BCUT2D eigenvalue weighted by atomic mass is 10.0. The minimum Gasteiger partial charge on any atom is -0.497 e. The molecule has 1 N–H and O–H groups in total. The number of methoxy groups -OCH3 is 1. The zero-order valence-electron chi connectivity index (χ0n) is 14.4. The first-order valence-electron chi connectivity index (χ1n) is 7.90. The molecule has 128 valence electrons. The topological polar surface area (TPSA) is 77.2 Å². The molecule has 3 aromatic rings. The number of benzene rings is 2. The van der Waals surface area contributed by atoms with Gasteiger partial charge in [-0.25, -0.2) is 4.63 Å². The van der Waals surface area contributed by atoms with Crippen LogP contribution in [0.3, 0.4) is 0 Å². The van der Waals surface area contributed by atoms with Gasteiger partial charge in [0.1, 0.15) is 5.75 Å². The Labute approximate surface area is 145 Å². The lowest BCUT2D eigenvalue weighted by Crippen LogP contribution is -2.15. The van der Waals surface area contributed by atoms with Crippen molar-refractivity contribution in [2.24, 2.45) is 0 Å². The highest BCUT2D eigenvalue weighted by Gasteiger charge is 2.16. The molecule has 0 atom stereocenters. The van der Waals surface area contributed by atoms with Crippen LogP contribution in [-0.4, -0.2) is 23.3 Å². The number of hydrogen-bond acceptors (Lipinski definition) is 5. The van der Waals surface area contributed by atoms with Crippen LogP contribution in [0.1, 0.15) is 16.7 Å². The fourth-order valence-electron chi connectivity index (χ4n) is 2.45. The van der Waals surface area contributed by atoms with Gasteiger partial charge in [0.05, 0.1) is 13.5 Å². The van der Waals surface area contributed by atoms with Crippen molar-refractivity contribution in [3.63, 3.8) is 0 Å². The number of carbonyl (C=O) groups excluding carboxylic acids is 1. The smallest absolute Gasteiger partial charge is 0.230 e. The van der Waals surface area contributed by atoms with E-state index in [1.807, 2.05) is 56.3 Å². The molecule has 0 saturated carbocycles. The summed E-state index contributed by atoms with van der Waals surface area (Å²) in [5, 5.41) is 10.5. The van der Waals surface area contributed by atoms with E-state index in [0.29, 0.717) is 11.5 Å². The van der Waals surface area contributed by atoms with Gasteiger partial charge < -0.3 is 10.1 Å². The monoisotopic (exact) mass is 337 g/mol. The summed E-state index contributed by atoms with van der Waals surface area (Å²) in [4.78, 5) is 12.3. The largest absolute Gasteiger partial charge is 0.497 e. The van der Waals surface area contributed by atoms with E-state index >= 15 is 0 Å². The molecule has 0 fully saturated rings. The summed E-state index contributed by atoms with van der Waals surface area (Å²) in [6.07, 6.45) is 0.225. The van der Waals surface area contributed by atoms with Crippen molar-refractivity contribution >= 4 is 11.7 Å². The molecule has 0 aliphatic rings. The number of ether oxygens (including phenoxy) is 1. The molecule has 0 saturated heterocycles. The Bertz CT molecular complexity index is 885. The standard InChI is InChI=1S/C19H19N3O3/c1-12-4-7-15(10-13(12)2)18-19(22-25-21-18)20-17(23)11-14-5-8-16(24-3)9-6-14/h4-10H,11H2,1-3H3,(H,20,22,23). The Morgan fingerprint density at radius 1 is 1.08 bits per heavy atom. The Hall–Kier alpha value is -3.15. The summed E-state index contributed by atoms with van der Waals surface area (Å²) in [5.74, 6) is 0.884. The molecule has 0 aliphatic heterocycles. The number of carbonyl (C=O) groups is 1. The maximum absolute atomic E-state index is 12.3. The van der Waals surface area contributed by atoms with E-state index in [4.69, 9.17) is 9.37 Å². The van der Waals surface area contributed by atoms with Gasteiger partial charge in [-0.1, -0.05) is 24.3 Å². The second-order valence-electron chi connectivity index (χ2n) is 5.83. The second-order valence-corrected chi connectivity index (χ2v) is 5.83. The van der Waals surface area contributed by atoms with Crippen molar-refractivity contribution in [2.45, 2.75) is 20.3 Å². The van der Waals surface area contributed by atoms with Gasteiger partial charge in [0, 0.05) is 5.56 Å². The fourth-order valence-corrected chi connectivity index (χ4v) is 2.45. The summed E-state index contributed by atoms with van der Waals surface area (Å²) in [6, 6.07) is 13.3. The minimum atomic E-state index is -0.189. The number of amides is 1. The first kappa shape index (κ1) is 16.7. The predicted molar refractivity (Wildman–Crippen MR) is 94.5 cm³/mol. The summed E-state index contributed by atoms with van der Waals surface area (Å²) in [6.45, 7) is 4.06. The lowest BCUT2D eigenvalue weighted by molar-refractivity contribution is -0.115. The van der Waals surface area contributed by atoms with E-state index in [1.54, 1.807) is 7.11 Å². The Balaban J connectivity index is 1.73. The number of nitrogens with one attached hydrogen (secondary N) is 1. The molecular weight excluding hydrogens is 318 g/mol. The predicted octanol–water partition coefficient (Wildman–Crippen LogP) is 3.54. The molecule has 3 rings (SSSR count). The number of hydrogen-bond donors (Lipinski definition) is 1. The summed E-state index contributed by atoms with van der Waals surface area (Å²) >= 11 is 0. The van der Waals surface area contributed by atoms with Crippen LogP contribution < -0.4 is 10.1 Å². The van der Waals surface area contributed by atoms with E-state index in [1.165, 1.54) is 5.56 Å². The highest BCUT2D eigenvalue weighted by atomic mass is 16.6.